The molecule has 0 fully saturated rings. The number of benzene rings is 1. The molecule has 0 saturated carbocycles. The van der Waals surface area contributed by atoms with Crippen molar-refractivity contribution in [1.29, 1.82) is 0 Å². The van der Waals surface area contributed by atoms with Crippen LogP contribution in [0.1, 0.15) is 39.3 Å². The van der Waals surface area contributed by atoms with Crippen molar-refractivity contribution in [2.45, 2.75) is 46.3 Å². The Morgan fingerprint density at radius 3 is 2.90 bits per heavy atom. The van der Waals surface area contributed by atoms with Crippen molar-refractivity contribution in [3.8, 4) is 11.4 Å². The molecule has 4 heteroatoms. The molecular weight excluding hydrogens is 262 g/mol. The molecule has 1 aromatic carbocycles. The average molecular weight is 287 g/mol. The summed E-state index contributed by atoms with van der Waals surface area (Å²) in [4.78, 5) is 0. The predicted octanol–water partition coefficient (Wildman–Crippen LogP) is 3.55. The third-order valence-electron chi connectivity index (χ3n) is 3.37. The molecule has 1 unspecified atom stereocenters. The van der Waals surface area contributed by atoms with E-state index in [-0.39, 0.29) is 6.10 Å². The highest BCUT2D eigenvalue weighted by molar-refractivity contribution is 5.38. The van der Waals surface area contributed by atoms with Crippen LogP contribution in [0.15, 0.2) is 36.5 Å². The van der Waals surface area contributed by atoms with E-state index in [1.165, 1.54) is 0 Å². The first-order chi connectivity index (χ1) is 10.2. The van der Waals surface area contributed by atoms with Gasteiger partial charge < -0.3 is 10.1 Å². The minimum absolute atomic E-state index is 0.228. The largest absolute Gasteiger partial charge is 0.491 e. The zero-order chi connectivity index (χ0) is 15.1. The highest BCUT2D eigenvalue weighted by Crippen LogP contribution is 2.18. The van der Waals surface area contributed by atoms with Crippen LogP contribution in [0.4, 0.5) is 0 Å². The molecule has 0 amide bonds. The molecule has 4 nitrogen and oxygen atoms in total. The summed E-state index contributed by atoms with van der Waals surface area (Å²) in [6, 6.07) is 10.1. The molecule has 0 aliphatic carbocycles. The van der Waals surface area contributed by atoms with Crippen molar-refractivity contribution in [2.24, 2.45) is 0 Å². The van der Waals surface area contributed by atoms with E-state index >= 15 is 0 Å². The van der Waals surface area contributed by atoms with Crippen molar-refractivity contribution in [1.82, 2.24) is 15.1 Å². The van der Waals surface area contributed by atoms with Crippen molar-refractivity contribution >= 4 is 0 Å². The van der Waals surface area contributed by atoms with Crippen LogP contribution in [0, 0.1) is 0 Å². The van der Waals surface area contributed by atoms with Crippen LogP contribution < -0.4 is 10.1 Å². The Labute approximate surface area is 127 Å². The molecule has 0 saturated heterocycles. The minimum Gasteiger partial charge on any atom is -0.491 e. The van der Waals surface area contributed by atoms with Crippen molar-refractivity contribution < 1.29 is 4.74 Å². The number of hydrogen-bond acceptors (Lipinski definition) is 3. The first-order valence-electron chi connectivity index (χ1n) is 7.75. The summed E-state index contributed by atoms with van der Waals surface area (Å²) in [6.07, 6.45) is 4.35. The highest BCUT2D eigenvalue weighted by Gasteiger charge is 2.05. The summed E-state index contributed by atoms with van der Waals surface area (Å²) in [7, 11) is 0. The van der Waals surface area contributed by atoms with Gasteiger partial charge in [-0.25, -0.2) is 4.68 Å². The summed E-state index contributed by atoms with van der Waals surface area (Å²) in [5.74, 6) is 0.892. The fourth-order valence-electron chi connectivity index (χ4n) is 2.01. The van der Waals surface area contributed by atoms with Gasteiger partial charge in [0.1, 0.15) is 5.75 Å². The molecule has 0 spiro atoms. The van der Waals surface area contributed by atoms with Crippen LogP contribution in [-0.2, 0) is 6.54 Å². The molecule has 1 aromatic heterocycles. The molecule has 0 bridgehead atoms. The molecule has 114 valence electrons. The number of aromatic nitrogens is 2. The van der Waals surface area contributed by atoms with Gasteiger partial charge in [-0.2, -0.15) is 5.10 Å². The van der Waals surface area contributed by atoms with E-state index in [1.807, 2.05) is 41.2 Å². The molecule has 0 aliphatic heterocycles. The van der Waals surface area contributed by atoms with E-state index < -0.39 is 0 Å². The fraction of sp³-hybridized carbons (Fsp3) is 0.471. The minimum atomic E-state index is 0.228. The standard InChI is InChI=1S/C17H25N3O/c1-4-10-18-13-15-9-11-20(19-15)16-7-6-8-17(12-16)21-14(3)5-2/h6-9,11-12,14,18H,4-5,10,13H2,1-3H3. The summed E-state index contributed by atoms with van der Waals surface area (Å²) >= 11 is 0. The number of nitrogens with zero attached hydrogens (tertiary/aromatic N) is 2. The van der Waals surface area contributed by atoms with Crippen LogP contribution in [-0.4, -0.2) is 22.4 Å². The smallest absolute Gasteiger partial charge is 0.121 e. The molecule has 0 aliphatic rings. The number of nitrogens with one attached hydrogen (secondary N) is 1. The van der Waals surface area contributed by atoms with Crippen LogP contribution in [0.25, 0.3) is 5.69 Å². The second-order valence-electron chi connectivity index (χ2n) is 5.26. The van der Waals surface area contributed by atoms with E-state index in [9.17, 15) is 0 Å². The summed E-state index contributed by atoms with van der Waals surface area (Å²) in [5.41, 5.74) is 2.08. The third-order valence-corrected chi connectivity index (χ3v) is 3.37. The first-order valence-corrected chi connectivity index (χ1v) is 7.75. The molecular formula is C17H25N3O. The van der Waals surface area contributed by atoms with Crippen LogP contribution in [0.2, 0.25) is 0 Å². The average Bonchev–Trinajstić information content (AvgIpc) is 2.96. The van der Waals surface area contributed by atoms with E-state index in [4.69, 9.17) is 4.74 Å². The molecule has 21 heavy (non-hydrogen) atoms. The van der Waals surface area contributed by atoms with Gasteiger partial charge in [0.15, 0.2) is 0 Å². The second-order valence-corrected chi connectivity index (χ2v) is 5.26. The van der Waals surface area contributed by atoms with Gasteiger partial charge in [0.25, 0.3) is 0 Å². The molecule has 1 atom stereocenters. The lowest BCUT2D eigenvalue weighted by atomic mass is 10.3. The topological polar surface area (TPSA) is 39.1 Å². The number of ether oxygens (including phenoxy) is 1. The predicted molar refractivity (Wildman–Crippen MR) is 85.9 cm³/mol. The Bertz CT molecular complexity index is 550. The number of rotatable bonds is 8. The van der Waals surface area contributed by atoms with E-state index in [1.54, 1.807) is 0 Å². The van der Waals surface area contributed by atoms with Crippen LogP contribution in [0.3, 0.4) is 0 Å². The Hall–Kier alpha value is -1.81. The van der Waals surface area contributed by atoms with E-state index in [0.29, 0.717) is 0 Å². The molecule has 1 heterocycles. The molecule has 1 N–H and O–H groups in total. The van der Waals surface area contributed by atoms with Gasteiger partial charge in [-0.05, 0) is 44.5 Å². The maximum Gasteiger partial charge on any atom is 0.121 e. The quantitative estimate of drug-likeness (QED) is 0.755. The Kier molecular flexibility index (Phi) is 5.81. The maximum atomic E-state index is 5.86. The Balaban J connectivity index is 2.05. The zero-order valence-corrected chi connectivity index (χ0v) is 13.2. The van der Waals surface area contributed by atoms with Crippen molar-refractivity contribution in [3.63, 3.8) is 0 Å². The Morgan fingerprint density at radius 2 is 2.14 bits per heavy atom. The zero-order valence-electron chi connectivity index (χ0n) is 13.2. The van der Waals surface area contributed by atoms with Gasteiger partial charge in [0.05, 0.1) is 17.5 Å². The van der Waals surface area contributed by atoms with Gasteiger partial charge in [-0.1, -0.05) is 19.9 Å². The van der Waals surface area contributed by atoms with Crippen molar-refractivity contribution in [3.05, 3.63) is 42.2 Å². The van der Waals surface area contributed by atoms with Crippen molar-refractivity contribution in [2.75, 3.05) is 6.54 Å². The van der Waals surface area contributed by atoms with Crippen LogP contribution in [0.5, 0.6) is 5.75 Å². The summed E-state index contributed by atoms with van der Waals surface area (Å²) < 4.78 is 7.75. The number of hydrogen-bond donors (Lipinski definition) is 1. The summed E-state index contributed by atoms with van der Waals surface area (Å²) in [6.45, 7) is 8.19. The van der Waals surface area contributed by atoms with Gasteiger partial charge in [-0.15, -0.1) is 0 Å². The molecule has 2 aromatic rings. The highest BCUT2D eigenvalue weighted by atomic mass is 16.5. The van der Waals surface area contributed by atoms with Crippen LogP contribution >= 0.6 is 0 Å². The maximum absolute atomic E-state index is 5.86. The van der Waals surface area contributed by atoms with Gasteiger partial charge in [-0.3, -0.25) is 0 Å². The van der Waals surface area contributed by atoms with Gasteiger partial charge >= 0.3 is 0 Å². The van der Waals surface area contributed by atoms with Gasteiger partial charge in [0, 0.05) is 18.8 Å². The molecule has 0 radical (unpaired) electrons. The van der Waals surface area contributed by atoms with Gasteiger partial charge in [0.2, 0.25) is 0 Å². The lowest BCUT2D eigenvalue weighted by molar-refractivity contribution is 0.217. The second kappa shape index (κ2) is 7.84. The van der Waals surface area contributed by atoms with E-state index in [2.05, 4.69) is 31.2 Å². The summed E-state index contributed by atoms with van der Waals surface area (Å²) in [5, 5.41) is 7.95. The third kappa shape index (κ3) is 4.60. The fourth-order valence-corrected chi connectivity index (χ4v) is 2.01. The monoisotopic (exact) mass is 287 g/mol. The SMILES string of the molecule is CCCNCc1ccn(-c2cccc(OC(C)CC)c2)n1. The van der Waals surface area contributed by atoms with E-state index in [0.717, 1.165) is 43.1 Å². The Morgan fingerprint density at radius 1 is 1.29 bits per heavy atom. The lowest BCUT2D eigenvalue weighted by Gasteiger charge is -2.13. The molecule has 2 rings (SSSR count). The normalized spacial score (nSPS) is 12.3. The first kappa shape index (κ1) is 15.6. The lowest BCUT2D eigenvalue weighted by Crippen LogP contribution is -2.14.